The van der Waals surface area contributed by atoms with E-state index in [0.29, 0.717) is 6.54 Å². The molecule has 106 valence electrons. The van der Waals surface area contributed by atoms with E-state index in [-0.39, 0.29) is 12.3 Å². The van der Waals surface area contributed by atoms with Gasteiger partial charge in [0, 0.05) is 20.8 Å². The summed E-state index contributed by atoms with van der Waals surface area (Å²) in [5, 5.41) is 5.59. The molecule has 0 spiro atoms. The first-order valence-electron chi connectivity index (χ1n) is 6.83. The number of hydrogen-bond acceptors (Lipinski definition) is 3. The van der Waals surface area contributed by atoms with Gasteiger partial charge in [0.2, 0.25) is 0 Å². The maximum atomic E-state index is 11.5. The van der Waals surface area contributed by atoms with Crippen LogP contribution in [0.1, 0.15) is 38.5 Å². The Morgan fingerprint density at radius 1 is 1.17 bits per heavy atom. The third kappa shape index (κ3) is 6.21. The van der Waals surface area contributed by atoms with Crippen LogP contribution in [0.2, 0.25) is 0 Å². The Bertz CT molecular complexity index is 226. The van der Waals surface area contributed by atoms with E-state index in [0.717, 1.165) is 18.9 Å². The van der Waals surface area contributed by atoms with E-state index in [1.54, 1.807) is 14.2 Å². The fourth-order valence-corrected chi connectivity index (χ4v) is 2.37. The minimum absolute atomic E-state index is 0.148. The van der Waals surface area contributed by atoms with E-state index >= 15 is 0 Å². The van der Waals surface area contributed by atoms with Crippen LogP contribution in [-0.4, -0.2) is 39.6 Å². The van der Waals surface area contributed by atoms with Crippen LogP contribution >= 0.6 is 0 Å². The monoisotopic (exact) mass is 258 g/mol. The molecular formula is C13H26N2O3. The molecule has 1 aliphatic carbocycles. The first-order valence-corrected chi connectivity index (χ1v) is 6.83. The minimum Gasteiger partial charge on any atom is -0.354 e. The van der Waals surface area contributed by atoms with Crippen molar-refractivity contribution >= 4 is 6.03 Å². The highest BCUT2D eigenvalue weighted by Crippen LogP contribution is 2.25. The summed E-state index contributed by atoms with van der Waals surface area (Å²) in [6, 6.07) is -0.148. The molecule has 5 nitrogen and oxygen atoms in total. The Balaban J connectivity index is 2.02. The van der Waals surface area contributed by atoms with Gasteiger partial charge >= 0.3 is 6.03 Å². The summed E-state index contributed by atoms with van der Waals surface area (Å²) in [7, 11) is 3.10. The molecule has 0 aliphatic heterocycles. The van der Waals surface area contributed by atoms with Gasteiger partial charge in [-0.15, -0.1) is 0 Å². The molecule has 0 unspecified atom stereocenters. The van der Waals surface area contributed by atoms with E-state index in [1.165, 1.54) is 32.1 Å². The highest BCUT2D eigenvalue weighted by Gasteiger charge is 2.13. The summed E-state index contributed by atoms with van der Waals surface area (Å²) >= 11 is 0. The van der Waals surface area contributed by atoms with E-state index in [2.05, 4.69) is 10.6 Å². The van der Waals surface area contributed by atoms with Crippen molar-refractivity contribution in [3.63, 3.8) is 0 Å². The molecule has 2 amide bonds. The highest BCUT2D eigenvalue weighted by molar-refractivity contribution is 5.73. The van der Waals surface area contributed by atoms with Crippen molar-refractivity contribution in [2.75, 3.05) is 27.3 Å². The standard InChI is InChI=1S/C13H26N2O3/c1-17-12(18-2)10-15-13(16)14-9-8-11-6-4-3-5-7-11/h11-12H,3-10H2,1-2H3,(H2,14,15,16). The summed E-state index contributed by atoms with van der Waals surface area (Å²) in [5.74, 6) is 0.796. The van der Waals surface area contributed by atoms with Crippen molar-refractivity contribution < 1.29 is 14.3 Å². The molecule has 18 heavy (non-hydrogen) atoms. The quantitative estimate of drug-likeness (QED) is 0.685. The fraction of sp³-hybridized carbons (Fsp3) is 0.923. The summed E-state index contributed by atoms with van der Waals surface area (Å²) in [6.07, 6.45) is 7.41. The molecule has 1 aliphatic rings. The lowest BCUT2D eigenvalue weighted by molar-refractivity contribution is -0.0971. The van der Waals surface area contributed by atoms with Gasteiger partial charge in [-0.05, 0) is 12.3 Å². The lowest BCUT2D eigenvalue weighted by atomic mass is 9.87. The second kappa shape index (κ2) is 9.16. The van der Waals surface area contributed by atoms with E-state index in [1.807, 2.05) is 0 Å². The van der Waals surface area contributed by atoms with Crippen LogP contribution in [-0.2, 0) is 9.47 Å². The van der Waals surface area contributed by atoms with Crippen LogP contribution in [0.15, 0.2) is 0 Å². The van der Waals surface area contributed by atoms with Gasteiger partial charge in [0.15, 0.2) is 6.29 Å². The summed E-state index contributed by atoms with van der Waals surface area (Å²) in [4.78, 5) is 11.5. The molecule has 0 atom stereocenters. The van der Waals surface area contributed by atoms with Crippen LogP contribution in [0.4, 0.5) is 4.79 Å². The van der Waals surface area contributed by atoms with Gasteiger partial charge in [-0.2, -0.15) is 0 Å². The van der Waals surface area contributed by atoms with E-state index < -0.39 is 0 Å². The Morgan fingerprint density at radius 3 is 2.44 bits per heavy atom. The number of carbonyl (C=O) groups is 1. The molecule has 0 bridgehead atoms. The molecule has 0 aromatic carbocycles. The Kier molecular flexibility index (Phi) is 7.76. The predicted octanol–water partition coefficient (Wildman–Crippen LogP) is 1.87. The van der Waals surface area contributed by atoms with Crippen molar-refractivity contribution in [3.05, 3.63) is 0 Å². The summed E-state index contributed by atoms with van der Waals surface area (Å²) < 4.78 is 9.97. The van der Waals surface area contributed by atoms with Crippen LogP contribution < -0.4 is 10.6 Å². The number of nitrogens with one attached hydrogen (secondary N) is 2. The maximum Gasteiger partial charge on any atom is 0.314 e. The molecule has 5 heteroatoms. The average Bonchev–Trinajstić information content (AvgIpc) is 2.41. The topological polar surface area (TPSA) is 59.6 Å². The Labute approximate surface area is 110 Å². The van der Waals surface area contributed by atoms with E-state index in [9.17, 15) is 4.79 Å². The second-order valence-corrected chi connectivity index (χ2v) is 4.83. The molecule has 0 saturated heterocycles. The van der Waals surface area contributed by atoms with Crippen molar-refractivity contribution in [3.8, 4) is 0 Å². The van der Waals surface area contributed by atoms with Gasteiger partial charge in [-0.25, -0.2) is 4.79 Å². The molecule has 0 aromatic heterocycles. The molecule has 1 saturated carbocycles. The fourth-order valence-electron chi connectivity index (χ4n) is 2.37. The minimum atomic E-state index is -0.380. The normalized spacial score (nSPS) is 16.8. The van der Waals surface area contributed by atoms with Crippen LogP contribution in [0.25, 0.3) is 0 Å². The molecule has 1 rings (SSSR count). The predicted molar refractivity (Wildman–Crippen MR) is 70.4 cm³/mol. The largest absolute Gasteiger partial charge is 0.354 e. The van der Waals surface area contributed by atoms with Crippen molar-refractivity contribution in [2.45, 2.75) is 44.8 Å². The van der Waals surface area contributed by atoms with E-state index in [4.69, 9.17) is 9.47 Å². The smallest absolute Gasteiger partial charge is 0.314 e. The Hall–Kier alpha value is -0.810. The number of urea groups is 1. The van der Waals surface area contributed by atoms with Crippen molar-refractivity contribution in [1.29, 1.82) is 0 Å². The number of carbonyl (C=O) groups excluding carboxylic acids is 1. The zero-order valence-corrected chi connectivity index (χ0v) is 11.5. The zero-order valence-electron chi connectivity index (χ0n) is 11.5. The third-order valence-electron chi connectivity index (χ3n) is 3.52. The molecule has 1 fully saturated rings. The number of methoxy groups -OCH3 is 2. The van der Waals surface area contributed by atoms with Crippen LogP contribution in [0, 0.1) is 5.92 Å². The molecule has 0 radical (unpaired) electrons. The molecule has 0 aromatic rings. The molecule has 0 heterocycles. The molecular weight excluding hydrogens is 232 g/mol. The van der Waals surface area contributed by atoms with Crippen molar-refractivity contribution in [2.24, 2.45) is 5.92 Å². The van der Waals surface area contributed by atoms with Crippen molar-refractivity contribution in [1.82, 2.24) is 10.6 Å². The molecule has 2 N–H and O–H groups in total. The van der Waals surface area contributed by atoms with Gasteiger partial charge in [0.25, 0.3) is 0 Å². The number of amides is 2. The lowest BCUT2D eigenvalue weighted by Crippen LogP contribution is -2.41. The summed E-state index contributed by atoms with van der Waals surface area (Å²) in [5.41, 5.74) is 0. The Morgan fingerprint density at radius 2 is 1.83 bits per heavy atom. The first-order chi connectivity index (χ1) is 8.76. The van der Waals surface area contributed by atoms with Gasteiger partial charge < -0.3 is 20.1 Å². The van der Waals surface area contributed by atoms with Crippen LogP contribution in [0.3, 0.4) is 0 Å². The maximum absolute atomic E-state index is 11.5. The zero-order chi connectivity index (χ0) is 13.2. The lowest BCUT2D eigenvalue weighted by Gasteiger charge is -2.21. The number of hydrogen-bond donors (Lipinski definition) is 2. The second-order valence-electron chi connectivity index (χ2n) is 4.83. The number of ether oxygens (including phenoxy) is 2. The SMILES string of the molecule is COC(CNC(=O)NCCC1CCCCC1)OC. The van der Waals surface area contributed by atoms with Gasteiger partial charge in [0.1, 0.15) is 0 Å². The van der Waals surface area contributed by atoms with Crippen LogP contribution in [0.5, 0.6) is 0 Å². The average molecular weight is 258 g/mol. The van der Waals surface area contributed by atoms with Gasteiger partial charge in [0.05, 0.1) is 6.54 Å². The highest BCUT2D eigenvalue weighted by atomic mass is 16.7. The summed E-state index contributed by atoms with van der Waals surface area (Å²) in [6.45, 7) is 1.11. The first kappa shape index (κ1) is 15.2. The van der Waals surface area contributed by atoms with Gasteiger partial charge in [-0.1, -0.05) is 32.1 Å². The third-order valence-corrected chi connectivity index (χ3v) is 3.52. The number of rotatable bonds is 7. The van der Waals surface area contributed by atoms with Gasteiger partial charge in [-0.3, -0.25) is 0 Å².